The van der Waals surface area contributed by atoms with E-state index in [0.717, 1.165) is 12.1 Å². The lowest BCUT2D eigenvalue weighted by Gasteiger charge is -2.12. The first-order chi connectivity index (χ1) is 10.5. The number of halogens is 2. The number of aliphatic imine (C=N–C) groups is 1. The zero-order valence-corrected chi connectivity index (χ0v) is 16.9. The van der Waals surface area contributed by atoms with Crippen LogP contribution in [0.1, 0.15) is 32.8 Å². The molecule has 0 aliphatic heterocycles. The molecule has 0 heterocycles. The second-order valence-corrected chi connectivity index (χ2v) is 5.48. The zero-order chi connectivity index (χ0) is 16.4. The highest BCUT2D eigenvalue weighted by Gasteiger charge is 2.05. The molecule has 2 N–H and O–H groups in total. The van der Waals surface area contributed by atoms with Crippen LogP contribution in [0, 0.1) is 0 Å². The number of rotatable bonds is 7. The van der Waals surface area contributed by atoms with Crippen molar-refractivity contribution < 1.29 is 9.53 Å². The normalized spacial score (nSPS) is 10.9. The van der Waals surface area contributed by atoms with Crippen molar-refractivity contribution in [3.63, 3.8) is 0 Å². The second-order valence-electron chi connectivity index (χ2n) is 5.04. The summed E-state index contributed by atoms with van der Waals surface area (Å²) in [5.74, 6) is 0.452. The monoisotopic (exact) mass is 453 g/mol. The van der Waals surface area contributed by atoms with Crippen LogP contribution in [0.3, 0.4) is 0 Å². The van der Waals surface area contributed by atoms with Crippen LogP contribution in [0.2, 0.25) is 5.02 Å². The average molecular weight is 454 g/mol. The smallest absolute Gasteiger partial charge is 0.307 e. The van der Waals surface area contributed by atoms with Gasteiger partial charge in [-0.05, 0) is 38.5 Å². The number of hydrogen-bond acceptors (Lipinski definition) is 3. The maximum Gasteiger partial charge on any atom is 0.307 e. The highest BCUT2D eigenvalue weighted by molar-refractivity contribution is 14.0. The third-order valence-electron chi connectivity index (χ3n) is 2.64. The van der Waals surface area contributed by atoms with Crippen LogP contribution < -0.4 is 10.6 Å². The summed E-state index contributed by atoms with van der Waals surface area (Å²) in [5, 5.41) is 6.95. The Morgan fingerprint density at radius 2 is 2.09 bits per heavy atom. The molecule has 7 heteroatoms. The van der Waals surface area contributed by atoms with Gasteiger partial charge in [0.15, 0.2) is 5.96 Å². The Kier molecular flexibility index (Phi) is 11.9. The molecule has 0 saturated heterocycles. The minimum atomic E-state index is -0.215. The molecule has 0 atom stereocenters. The Bertz CT molecular complexity index is 510. The van der Waals surface area contributed by atoms with Crippen molar-refractivity contribution in [1.82, 2.24) is 10.6 Å². The van der Waals surface area contributed by atoms with E-state index in [-0.39, 0.29) is 36.0 Å². The molecule has 0 bridgehead atoms. The topological polar surface area (TPSA) is 62.7 Å². The first-order valence-corrected chi connectivity index (χ1v) is 7.85. The van der Waals surface area contributed by atoms with Crippen molar-refractivity contribution in [2.24, 2.45) is 4.99 Å². The van der Waals surface area contributed by atoms with Crippen LogP contribution in [0.15, 0.2) is 29.3 Å². The van der Waals surface area contributed by atoms with Gasteiger partial charge >= 0.3 is 5.97 Å². The van der Waals surface area contributed by atoms with Crippen molar-refractivity contribution in [3.8, 4) is 0 Å². The fourth-order valence-corrected chi connectivity index (χ4v) is 1.97. The number of nitrogens with one attached hydrogen (secondary N) is 2. The third kappa shape index (κ3) is 10.4. The van der Waals surface area contributed by atoms with Crippen molar-refractivity contribution in [2.75, 3.05) is 13.1 Å². The van der Waals surface area contributed by atoms with E-state index in [1.165, 1.54) is 0 Å². The molecule has 5 nitrogen and oxygen atoms in total. The summed E-state index contributed by atoms with van der Waals surface area (Å²) in [6, 6.07) is 7.58. The second kappa shape index (κ2) is 12.4. The molecule has 1 aromatic rings. The van der Waals surface area contributed by atoms with Crippen molar-refractivity contribution >= 4 is 47.5 Å². The Hall–Kier alpha value is -1.02. The first kappa shape index (κ1) is 22.0. The number of ether oxygens (including phenoxy) is 1. The lowest BCUT2D eigenvalue weighted by atomic mass is 10.2. The van der Waals surface area contributed by atoms with Crippen molar-refractivity contribution in [2.45, 2.75) is 39.8 Å². The van der Waals surface area contributed by atoms with Crippen molar-refractivity contribution in [3.05, 3.63) is 34.9 Å². The lowest BCUT2D eigenvalue weighted by molar-refractivity contribution is -0.147. The fraction of sp³-hybridized carbons (Fsp3) is 0.500. The molecule has 0 radical (unpaired) electrons. The van der Waals surface area contributed by atoms with Crippen LogP contribution in [-0.4, -0.2) is 31.1 Å². The van der Waals surface area contributed by atoms with Gasteiger partial charge in [0.05, 0.1) is 19.1 Å². The lowest BCUT2D eigenvalue weighted by Crippen LogP contribution is -2.38. The highest BCUT2D eigenvalue weighted by atomic mass is 127. The van der Waals surface area contributed by atoms with E-state index in [1.807, 2.05) is 45.0 Å². The van der Waals surface area contributed by atoms with Crippen LogP contribution in [0.25, 0.3) is 0 Å². The fourth-order valence-electron chi connectivity index (χ4n) is 1.75. The molecule has 130 valence electrons. The first-order valence-electron chi connectivity index (χ1n) is 7.47. The van der Waals surface area contributed by atoms with E-state index in [4.69, 9.17) is 16.3 Å². The standard InChI is InChI=1S/C16H24ClN3O2.HI/c1-4-18-16(19-9-8-15(21)22-12(2)3)20-11-13-6-5-7-14(17)10-13;/h5-7,10,12H,4,8-9,11H2,1-3H3,(H2,18,19,20);1H. The van der Waals surface area contributed by atoms with Gasteiger partial charge in [0.2, 0.25) is 0 Å². The van der Waals surface area contributed by atoms with Gasteiger partial charge in [0.1, 0.15) is 0 Å². The molecule has 0 amide bonds. The Balaban J connectivity index is 0.00000484. The van der Waals surface area contributed by atoms with Gasteiger partial charge in [-0.15, -0.1) is 24.0 Å². The number of guanidine groups is 1. The summed E-state index contributed by atoms with van der Waals surface area (Å²) >= 11 is 5.95. The molecule has 0 saturated carbocycles. The molecule has 0 aliphatic carbocycles. The summed E-state index contributed by atoms with van der Waals surface area (Å²) in [4.78, 5) is 15.9. The van der Waals surface area contributed by atoms with Crippen molar-refractivity contribution in [1.29, 1.82) is 0 Å². The predicted octanol–water partition coefficient (Wildman–Crippen LogP) is 3.35. The largest absolute Gasteiger partial charge is 0.463 e. The van der Waals surface area contributed by atoms with Gasteiger partial charge < -0.3 is 15.4 Å². The van der Waals surface area contributed by atoms with Gasteiger partial charge in [0.25, 0.3) is 0 Å². The Morgan fingerprint density at radius 3 is 2.70 bits per heavy atom. The molecule has 0 spiro atoms. The molecular weight excluding hydrogens is 429 g/mol. The van der Waals surface area contributed by atoms with Crippen LogP contribution >= 0.6 is 35.6 Å². The molecule has 0 aromatic heterocycles. The SMILES string of the molecule is CCNC(=NCc1cccc(Cl)c1)NCCC(=O)OC(C)C.I. The van der Waals surface area contributed by atoms with Crippen LogP contribution in [0.5, 0.6) is 0 Å². The predicted molar refractivity (Wildman–Crippen MR) is 106 cm³/mol. The van der Waals surface area contributed by atoms with E-state index in [1.54, 1.807) is 0 Å². The number of hydrogen-bond donors (Lipinski definition) is 2. The van der Waals surface area contributed by atoms with E-state index in [2.05, 4.69) is 15.6 Å². The summed E-state index contributed by atoms with van der Waals surface area (Å²) in [6.45, 7) is 7.41. The molecular formula is C16H25ClIN3O2. The number of carbonyl (C=O) groups excluding carboxylic acids is 1. The average Bonchev–Trinajstić information content (AvgIpc) is 2.44. The summed E-state index contributed by atoms with van der Waals surface area (Å²) < 4.78 is 5.08. The Morgan fingerprint density at radius 1 is 1.35 bits per heavy atom. The highest BCUT2D eigenvalue weighted by Crippen LogP contribution is 2.11. The van der Waals surface area contributed by atoms with Gasteiger partial charge in [-0.1, -0.05) is 23.7 Å². The zero-order valence-electron chi connectivity index (χ0n) is 13.8. The molecule has 1 aromatic carbocycles. The van der Waals surface area contributed by atoms with Crippen LogP contribution in [-0.2, 0) is 16.1 Å². The minimum Gasteiger partial charge on any atom is -0.463 e. The van der Waals surface area contributed by atoms with E-state index < -0.39 is 0 Å². The third-order valence-corrected chi connectivity index (χ3v) is 2.88. The van der Waals surface area contributed by atoms with E-state index >= 15 is 0 Å². The maximum atomic E-state index is 11.5. The number of esters is 1. The van der Waals surface area contributed by atoms with Gasteiger partial charge in [-0.3, -0.25) is 4.79 Å². The molecule has 23 heavy (non-hydrogen) atoms. The molecule has 1 rings (SSSR count). The quantitative estimate of drug-likeness (QED) is 0.288. The number of benzene rings is 1. The number of carbonyl (C=O) groups is 1. The van der Waals surface area contributed by atoms with Gasteiger partial charge in [-0.2, -0.15) is 0 Å². The molecule has 0 unspecified atom stereocenters. The summed E-state index contributed by atoms with van der Waals surface area (Å²) in [7, 11) is 0. The molecule has 0 fully saturated rings. The van der Waals surface area contributed by atoms with E-state index in [0.29, 0.717) is 30.5 Å². The summed E-state index contributed by atoms with van der Waals surface area (Å²) in [6.07, 6.45) is 0.219. The van der Waals surface area contributed by atoms with Crippen LogP contribution in [0.4, 0.5) is 0 Å². The maximum absolute atomic E-state index is 11.5. The van der Waals surface area contributed by atoms with Gasteiger partial charge in [0, 0.05) is 18.1 Å². The Labute approximate surface area is 160 Å². The number of nitrogens with zero attached hydrogens (tertiary/aromatic N) is 1. The molecule has 0 aliphatic rings. The van der Waals surface area contributed by atoms with E-state index in [9.17, 15) is 4.79 Å². The van der Waals surface area contributed by atoms with Gasteiger partial charge in [-0.25, -0.2) is 4.99 Å². The summed E-state index contributed by atoms with van der Waals surface area (Å²) in [5.41, 5.74) is 1.03. The minimum absolute atomic E-state index is 0.